The summed E-state index contributed by atoms with van der Waals surface area (Å²) in [7, 11) is 0. The molecule has 0 saturated carbocycles. The van der Waals surface area contributed by atoms with Gasteiger partial charge in [0.2, 0.25) is 18.0 Å². The monoisotopic (exact) mass is 375 g/mol. The fraction of sp³-hybridized carbons (Fsp3) is 0.0385. The zero-order valence-corrected chi connectivity index (χ0v) is 15.8. The van der Waals surface area contributed by atoms with Gasteiger partial charge >= 0.3 is 0 Å². The highest BCUT2D eigenvalue weighted by atomic mass is 16.1. The number of carbonyl (C=O) groups excluding carboxylic acids is 1. The van der Waals surface area contributed by atoms with E-state index in [1.165, 1.54) is 16.2 Å². The van der Waals surface area contributed by atoms with Crippen molar-refractivity contribution >= 4 is 27.3 Å². The quantitative estimate of drug-likeness (QED) is 0.245. The summed E-state index contributed by atoms with van der Waals surface area (Å²) >= 11 is 0. The van der Waals surface area contributed by atoms with Crippen LogP contribution in [0.3, 0.4) is 0 Å². The number of carbonyl (C=O) groups is 1. The summed E-state index contributed by atoms with van der Waals surface area (Å²) in [6, 6.07) is 28.4. The van der Waals surface area contributed by atoms with Crippen molar-refractivity contribution in [2.45, 2.75) is 6.54 Å². The Bertz CT molecular complexity index is 1340. The molecule has 0 unspecified atom stereocenters. The Hall–Kier alpha value is -3.85. The molecule has 0 bridgehead atoms. The van der Waals surface area contributed by atoms with Crippen LogP contribution in [0.1, 0.15) is 10.4 Å². The van der Waals surface area contributed by atoms with Crippen LogP contribution in [-0.2, 0) is 6.54 Å². The summed E-state index contributed by atoms with van der Waals surface area (Å²) in [6.45, 7) is 0.267. The zero-order chi connectivity index (χ0) is 19.6. The van der Waals surface area contributed by atoms with Crippen LogP contribution in [0.2, 0.25) is 0 Å². The Morgan fingerprint density at radius 2 is 1.48 bits per heavy atom. The number of hydrogen-bond donors (Lipinski definition) is 0. The van der Waals surface area contributed by atoms with Gasteiger partial charge in [-0.2, -0.15) is 4.57 Å². The van der Waals surface area contributed by atoms with Crippen LogP contribution in [0.4, 0.5) is 0 Å². The van der Waals surface area contributed by atoms with Gasteiger partial charge in [0, 0.05) is 5.56 Å². The molecule has 0 fully saturated rings. The summed E-state index contributed by atoms with van der Waals surface area (Å²) in [5, 5.41) is 4.75. The van der Waals surface area contributed by atoms with Crippen molar-refractivity contribution in [1.29, 1.82) is 0 Å². The molecule has 0 radical (unpaired) electrons. The number of rotatable bonds is 4. The summed E-state index contributed by atoms with van der Waals surface area (Å²) in [5.74, 6) is 0.0770. The van der Waals surface area contributed by atoms with Crippen molar-refractivity contribution in [3.05, 3.63) is 109 Å². The topological polar surface area (TPSA) is 33.8 Å². The van der Waals surface area contributed by atoms with Crippen molar-refractivity contribution in [3.8, 4) is 11.3 Å². The predicted molar refractivity (Wildman–Crippen MR) is 116 cm³/mol. The molecule has 5 rings (SSSR count). The van der Waals surface area contributed by atoms with Crippen LogP contribution in [0.5, 0.6) is 0 Å². The summed E-state index contributed by atoms with van der Waals surface area (Å²) in [6.07, 6.45) is 5.44. The van der Waals surface area contributed by atoms with Crippen LogP contribution in [-0.4, -0.2) is 10.8 Å². The fourth-order valence-corrected chi connectivity index (χ4v) is 3.89. The molecule has 0 aliphatic carbocycles. The summed E-state index contributed by atoms with van der Waals surface area (Å²) in [4.78, 5) is 17.2. The maximum Gasteiger partial charge on any atom is 0.232 e. The van der Waals surface area contributed by atoms with E-state index in [1.54, 1.807) is 6.20 Å². The lowest BCUT2D eigenvalue weighted by Crippen LogP contribution is -2.40. The Balaban J connectivity index is 1.69. The number of aromatic nitrogens is 2. The van der Waals surface area contributed by atoms with E-state index in [2.05, 4.69) is 59.6 Å². The largest absolute Gasteiger partial charge is 0.287 e. The second-order valence-electron chi connectivity index (χ2n) is 7.07. The van der Waals surface area contributed by atoms with Gasteiger partial charge in [0.25, 0.3) is 0 Å². The SMILES string of the molecule is O=C(C[n+]1ccncc1-c1cc2ccccc2c2ccccc12)c1ccccc1. The van der Waals surface area contributed by atoms with Gasteiger partial charge in [-0.3, -0.25) is 9.78 Å². The predicted octanol–water partition coefficient (Wildman–Crippen LogP) is 5.23. The summed E-state index contributed by atoms with van der Waals surface area (Å²) < 4.78 is 1.98. The van der Waals surface area contributed by atoms with Gasteiger partial charge in [0.15, 0.2) is 6.20 Å². The molecule has 0 saturated heterocycles. The molecule has 0 aliphatic heterocycles. The van der Waals surface area contributed by atoms with Crippen LogP contribution in [0, 0.1) is 0 Å². The summed E-state index contributed by atoms with van der Waals surface area (Å²) in [5.41, 5.74) is 2.72. The van der Waals surface area contributed by atoms with Gasteiger partial charge in [-0.15, -0.1) is 0 Å². The molecule has 3 nitrogen and oxygen atoms in total. The van der Waals surface area contributed by atoms with Crippen molar-refractivity contribution in [2.24, 2.45) is 0 Å². The van der Waals surface area contributed by atoms with Crippen LogP contribution < -0.4 is 4.57 Å². The van der Waals surface area contributed by atoms with E-state index < -0.39 is 0 Å². The average molecular weight is 375 g/mol. The van der Waals surface area contributed by atoms with Crippen LogP contribution >= 0.6 is 0 Å². The molecule has 4 aromatic carbocycles. The highest BCUT2D eigenvalue weighted by Gasteiger charge is 2.20. The van der Waals surface area contributed by atoms with E-state index >= 15 is 0 Å². The van der Waals surface area contributed by atoms with E-state index in [9.17, 15) is 4.79 Å². The lowest BCUT2D eigenvalue weighted by molar-refractivity contribution is -0.672. The first-order valence-electron chi connectivity index (χ1n) is 9.64. The number of benzene rings is 4. The van der Waals surface area contributed by atoms with Gasteiger partial charge in [0.05, 0.1) is 18.0 Å². The lowest BCUT2D eigenvalue weighted by atomic mass is 9.95. The third-order valence-electron chi connectivity index (χ3n) is 5.29. The van der Waals surface area contributed by atoms with E-state index in [1.807, 2.05) is 47.3 Å². The third-order valence-corrected chi connectivity index (χ3v) is 5.29. The maximum atomic E-state index is 12.8. The molecule has 29 heavy (non-hydrogen) atoms. The minimum absolute atomic E-state index is 0.0770. The second kappa shape index (κ2) is 7.28. The normalized spacial score (nSPS) is 11.0. The van der Waals surface area contributed by atoms with E-state index in [-0.39, 0.29) is 12.3 Å². The highest BCUT2D eigenvalue weighted by molar-refractivity contribution is 6.13. The number of hydrogen-bond acceptors (Lipinski definition) is 2. The van der Waals surface area contributed by atoms with E-state index in [0.29, 0.717) is 5.56 Å². The van der Waals surface area contributed by atoms with Gasteiger partial charge in [-0.1, -0.05) is 78.9 Å². The van der Waals surface area contributed by atoms with Crippen molar-refractivity contribution in [1.82, 2.24) is 4.98 Å². The molecular weight excluding hydrogens is 356 g/mol. The van der Waals surface area contributed by atoms with Crippen LogP contribution in [0.25, 0.3) is 32.8 Å². The minimum atomic E-state index is 0.0770. The third kappa shape index (κ3) is 3.17. The standard InChI is InChI=1S/C26H19N2O/c29-26(19-8-2-1-3-9-19)18-28-15-14-27-17-25(28)24-16-20-10-4-5-11-21(20)22-12-6-7-13-23(22)24/h1-17H,18H2/q+1. The number of ketones is 1. The molecule has 1 aromatic heterocycles. The Kier molecular flexibility index (Phi) is 4.34. The first-order valence-corrected chi connectivity index (χ1v) is 9.64. The number of fused-ring (bicyclic) bond motifs is 3. The molecule has 0 aliphatic rings. The minimum Gasteiger partial charge on any atom is -0.287 e. The molecule has 1 heterocycles. The number of Topliss-reactive ketones (excluding diaryl/α,β-unsaturated/α-hetero) is 1. The van der Waals surface area contributed by atoms with Crippen molar-refractivity contribution < 1.29 is 9.36 Å². The first-order chi connectivity index (χ1) is 14.3. The van der Waals surface area contributed by atoms with Gasteiger partial charge in [0.1, 0.15) is 0 Å². The fourth-order valence-electron chi connectivity index (χ4n) is 3.89. The molecule has 0 spiro atoms. The Labute approximate surface area is 168 Å². The number of nitrogens with zero attached hydrogens (tertiary/aromatic N) is 2. The molecular formula is C26H19N2O+. The molecule has 0 atom stereocenters. The molecule has 3 heteroatoms. The van der Waals surface area contributed by atoms with E-state index in [4.69, 9.17) is 0 Å². The highest BCUT2D eigenvalue weighted by Crippen LogP contribution is 2.33. The van der Waals surface area contributed by atoms with Gasteiger partial charge in [-0.25, -0.2) is 0 Å². The average Bonchev–Trinajstić information content (AvgIpc) is 2.79. The zero-order valence-electron chi connectivity index (χ0n) is 15.8. The van der Waals surface area contributed by atoms with Gasteiger partial charge in [-0.05, 0) is 27.6 Å². The van der Waals surface area contributed by atoms with Crippen LogP contribution in [0.15, 0.2) is 104 Å². The van der Waals surface area contributed by atoms with E-state index in [0.717, 1.165) is 16.6 Å². The Morgan fingerprint density at radius 3 is 2.31 bits per heavy atom. The van der Waals surface area contributed by atoms with Crippen molar-refractivity contribution in [2.75, 3.05) is 0 Å². The van der Waals surface area contributed by atoms with Gasteiger partial charge < -0.3 is 0 Å². The Morgan fingerprint density at radius 1 is 0.793 bits per heavy atom. The molecule has 5 aromatic rings. The molecule has 0 amide bonds. The van der Waals surface area contributed by atoms with Crippen molar-refractivity contribution in [3.63, 3.8) is 0 Å². The maximum absolute atomic E-state index is 12.8. The molecule has 0 N–H and O–H groups in total. The molecule has 138 valence electrons. The first kappa shape index (κ1) is 17.3. The lowest BCUT2D eigenvalue weighted by Gasteiger charge is -2.10. The smallest absolute Gasteiger partial charge is 0.232 e. The second-order valence-corrected chi connectivity index (χ2v) is 7.07.